The molecule has 0 fully saturated rings. The Morgan fingerprint density at radius 3 is 2.70 bits per heavy atom. The van der Waals surface area contributed by atoms with Crippen molar-refractivity contribution in [3.63, 3.8) is 0 Å². The molecule has 0 aliphatic heterocycles. The lowest BCUT2D eigenvalue weighted by Gasteiger charge is -2.00. The van der Waals surface area contributed by atoms with Crippen LogP contribution in [0.15, 0.2) is 66.0 Å². The summed E-state index contributed by atoms with van der Waals surface area (Å²) in [5, 5.41) is 13.0. The predicted octanol–water partition coefficient (Wildman–Crippen LogP) is 3.48. The van der Waals surface area contributed by atoms with Crippen molar-refractivity contribution in [1.82, 2.24) is 14.9 Å². The summed E-state index contributed by atoms with van der Waals surface area (Å²) in [5.41, 5.74) is 1.89. The van der Waals surface area contributed by atoms with Crippen LogP contribution in [0.4, 0.5) is 0 Å². The normalized spacial score (nSPS) is 11.1. The Morgan fingerprint density at radius 2 is 1.90 bits per heavy atom. The summed E-state index contributed by atoms with van der Waals surface area (Å²) < 4.78 is 1.64. The Hall–Kier alpha value is -2.46. The minimum Gasteiger partial charge on any atom is -0.200 e. The van der Waals surface area contributed by atoms with Gasteiger partial charge in [-0.2, -0.15) is 9.78 Å². The maximum Gasteiger partial charge on any atom is 0.184 e. The zero-order valence-electron chi connectivity index (χ0n) is 10.5. The van der Waals surface area contributed by atoms with Gasteiger partial charge in [-0.3, -0.25) is 0 Å². The Balaban J connectivity index is 1.91. The highest BCUT2D eigenvalue weighted by molar-refractivity contribution is 6.30. The molecule has 0 aliphatic carbocycles. The molecule has 1 heterocycles. The number of aromatic nitrogens is 3. The van der Waals surface area contributed by atoms with E-state index in [1.54, 1.807) is 17.2 Å². The molecule has 0 N–H and O–H groups in total. The summed E-state index contributed by atoms with van der Waals surface area (Å²) >= 11 is 5.94. The Kier molecular flexibility index (Phi) is 3.56. The van der Waals surface area contributed by atoms with Crippen molar-refractivity contribution >= 4 is 17.8 Å². The number of halogens is 1. The van der Waals surface area contributed by atoms with E-state index in [-0.39, 0.29) is 0 Å². The molecule has 20 heavy (non-hydrogen) atoms. The quantitative estimate of drug-likeness (QED) is 0.690. The maximum atomic E-state index is 5.94. The van der Waals surface area contributed by atoms with Gasteiger partial charge < -0.3 is 0 Å². The number of benzene rings is 2. The minimum atomic E-state index is 0.681. The number of nitrogens with zero attached hydrogens (tertiary/aromatic N) is 4. The van der Waals surface area contributed by atoms with Gasteiger partial charge in [0, 0.05) is 10.6 Å². The van der Waals surface area contributed by atoms with Gasteiger partial charge in [0.15, 0.2) is 5.82 Å². The van der Waals surface area contributed by atoms with Crippen molar-refractivity contribution in [3.05, 3.63) is 71.5 Å². The second-order valence-electron chi connectivity index (χ2n) is 4.16. The van der Waals surface area contributed by atoms with Gasteiger partial charge in [-0.25, -0.2) is 0 Å². The van der Waals surface area contributed by atoms with E-state index in [1.165, 1.54) is 0 Å². The van der Waals surface area contributed by atoms with Crippen molar-refractivity contribution in [1.29, 1.82) is 0 Å². The fraction of sp³-hybridized carbons (Fsp3) is 0. The summed E-state index contributed by atoms with van der Waals surface area (Å²) in [5.74, 6) is 0.698. The van der Waals surface area contributed by atoms with Gasteiger partial charge in [0.25, 0.3) is 0 Å². The van der Waals surface area contributed by atoms with E-state index < -0.39 is 0 Å². The molecule has 0 spiro atoms. The van der Waals surface area contributed by atoms with E-state index in [4.69, 9.17) is 11.6 Å². The highest BCUT2D eigenvalue weighted by atomic mass is 35.5. The van der Waals surface area contributed by atoms with Gasteiger partial charge in [-0.05, 0) is 17.7 Å². The Morgan fingerprint density at radius 1 is 1.05 bits per heavy atom. The average molecular weight is 283 g/mol. The van der Waals surface area contributed by atoms with Gasteiger partial charge in [-0.15, -0.1) is 10.2 Å². The van der Waals surface area contributed by atoms with Crippen LogP contribution in [0.2, 0.25) is 5.02 Å². The molecule has 98 valence electrons. The molecule has 0 unspecified atom stereocenters. The van der Waals surface area contributed by atoms with E-state index in [1.807, 2.05) is 54.6 Å². The fourth-order valence-electron chi connectivity index (χ4n) is 1.81. The van der Waals surface area contributed by atoms with Crippen molar-refractivity contribution in [2.24, 2.45) is 5.10 Å². The first kappa shape index (κ1) is 12.6. The van der Waals surface area contributed by atoms with Gasteiger partial charge >= 0.3 is 0 Å². The second-order valence-corrected chi connectivity index (χ2v) is 4.60. The molecule has 0 radical (unpaired) electrons. The third kappa shape index (κ3) is 2.75. The first-order chi connectivity index (χ1) is 9.83. The third-order valence-electron chi connectivity index (χ3n) is 2.74. The lowest BCUT2D eigenvalue weighted by Crippen LogP contribution is -1.93. The molecule has 0 saturated carbocycles. The van der Waals surface area contributed by atoms with Crippen molar-refractivity contribution in [2.75, 3.05) is 0 Å². The van der Waals surface area contributed by atoms with Gasteiger partial charge in [0.2, 0.25) is 0 Å². The molecule has 0 amide bonds. The highest BCUT2D eigenvalue weighted by Crippen LogP contribution is 2.15. The maximum absolute atomic E-state index is 5.94. The summed E-state index contributed by atoms with van der Waals surface area (Å²) in [6.45, 7) is 0. The van der Waals surface area contributed by atoms with Crippen LogP contribution >= 0.6 is 11.6 Å². The van der Waals surface area contributed by atoms with Gasteiger partial charge in [0.1, 0.15) is 6.33 Å². The first-order valence-electron chi connectivity index (χ1n) is 6.08. The molecule has 0 atom stereocenters. The zero-order valence-corrected chi connectivity index (χ0v) is 11.3. The zero-order chi connectivity index (χ0) is 13.8. The molecule has 4 nitrogen and oxygen atoms in total. The molecule has 3 aromatic rings. The van der Waals surface area contributed by atoms with E-state index in [2.05, 4.69) is 15.3 Å². The minimum absolute atomic E-state index is 0.681. The van der Waals surface area contributed by atoms with Crippen LogP contribution in [0.25, 0.3) is 11.4 Å². The van der Waals surface area contributed by atoms with E-state index in [0.717, 1.165) is 11.1 Å². The molecule has 0 aliphatic rings. The fourth-order valence-corrected chi connectivity index (χ4v) is 2.01. The van der Waals surface area contributed by atoms with Crippen LogP contribution in [0, 0.1) is 0 Å². The number of hydrogen-bond acceptors (Lipinski definition) is 3. The van der Waals surface area contributed by atoms with Crippen LogP contribution in [-0.4, -0.2) is 21.1 Å². The van der Waals surface area contributed by atoms with Crippen LogP contribution in [0.5, 0.6) is 0 Å². The standard InChI is InChI=1S/C15H11ClN4/c16-14-8-4-5-12(9-14)10-18-20-11-17-19-15(20)13-6-2-1-3-7-13/h1-11H/b18-10-. The molecule has 3 rings (SSSR count). The summed E-state index contributed by atoms with van der Waals surface area (Å²) in [6.07, 6.45) is 3.30. The first-order valence-corrected chi connectivity index (χ1v) is 6.46. The van der Waals surface area contributed by atoms with Crippen LogP contribution in [-0.2, 0) is 0 Å². The Bertz CT molecular complexity index is 734. The molecule has 0 saturated heterocycles. The lowest BCUT2D eigenvalue weighted by molar-refractivity contribution is 0.888. The molecular weight excluding hydrogens is 272 g/mol. The van der Waals surface area contributed by atoms with Gasteiger partial charge in [0.05, 0.1) is 6.21 Å². The van der Waals surface area contributed by atoms with Crippen LogP contribution in [0.3, 0.4) is 0 Å². The predicted molar refractivity (Wildman–Crippen MR) is 79.9 cm³/mol. The summed E-state index contributed by atoms with van der Waals surface area (Å²) in [7, 11) is 0. The van der Waals surface area contributed by atoms with Crippen molar-refractivity contribution in [3.8, 4) is 11.4 Å². The summed E-state index contributed by atoms with van der Waals surface area (Å²) in [6, 6.07) is 17.3. The molecular formula is C15H11ClN4. The van der Waals surface area contributed by atoms with Crippen LogP contribution < -0.4 is 0 Å². The van der Waals surface area contributed by atoms with Crippen molar-refractivity contribution in [2.45, 2.75) is 0 Å². The third-order valence-corrected chi connectivity index (χ3v) is 2.98. The van der Waals surface area contributed by atoms with Crippen molar-refractivity contribution < 1.29 is 0 Å². The SMILES string of the molecule is Clc1cccc(/C=N\n2cnnc2-c2ccccc2)c1. The Labute approximate surface area is 121 Å². The van der Waals surface area contributed by atoms with E-state index >= 15 is 0 Å². The molecule has 1 aromatic heterocycles. The lowest BCUT2D eigenvalue weighted by atomic mass is 10.2. The number of hydrogen-bond donors (Lipinski definition) is 0. The second kappa shape index (κ2) is 5.67. The van der Waals surface area contributed by atoms with E-state index in [0.29, 0.717) is 10.8 Å². The topological polar surface area (TPSA) is 43.1 Å². The summed E-state index contributed by atoms with van der Waals surface area (Å²) in [4.78, 5) is 0. The average Bonchev–Trinajstić information content (AvgIpc) is 2.95. The van der Waals surface area contributed by atoms with Crippen LogP contribution in [0.1, 0.15) is 5.56 Å². The molecule has 0 bridgehead atoms. The number of rotatable bonds is 3. The smallest absolute Gasteiger partial charge is 0.184 e. The van der Waals surface area contributed by atoms with E-state index in [9.17, 15) is 0 Å². The van der Waals surface area contributed by atoms with Gasteiger partial charge in [-0.1, -0.05) is 54.1 Å². The largest absolute Gasteiger partial charge is 0.200 e. The molecule has 5 heteroatoms. The highest BCUT2D eigenvalue weighted by Gasteiger charge is 2.04. The molecule has 2 aromatic carbocycles. The monoisotopic (exact) mass is 282 g/mol.